The SMILES string of the molecule is CCOC(=O)C1CCCC(Nc2cc(Cl)ccc2Br)C1. The van der Waals surface area contributed by atoms with Gasteiger partial charge in [-0.3, -0.25) is 4.79 Å². The molecule has 1 fully saturated rings. The molecule has 110 valence electrons. The minimum atomic E-state index is -0.0656. The van der Waals surface area contributed by atoms with Gasteiger partial charge in [0.15, 0.2) is 0 Å². The summed E-state index contributed by atoms with van der Waals surface area (Å²) in [5, 5.41) is 4.18. The van der Waals surface area contributed by atoms with E-state index in [-0.39, 0.29) is 17.9 Å². The lowest BCUT2D eigenvalue weighted by molar-refractivity contribution is -0.149. The lowest BCUT2D eigenvalue weighted by Gasteiger charge is -2.29. The van der Waals surface area contributed by atoms with Crippen molar-refractivity contribution >= 4 is 39.2 Å². The van der Waals surface area contributed by atoms with Crippen molar-refractivity contribution in [2.75, 3.05) is 11.9 Å². The number of esters is 1. The first-order valence-electron chi connectivity index (χ1n) is 6.98. The third-order valence-electron chi connectivity index (χ3n) is 3.58. The molecule has 0 aliphatic heterocycles. The molecular weight excluding hydrogens is 342 g/mol. The predicted molar refractivity (Wildman–Crippen MR) is 85.2 cm³/mol. The van der Waals surface area contributed by atoms with Crippen LogP contribution in [-0.2, 0) is 9.53 Å². The Kier molecular flexibility index (Phi) is 5.73. The maximum Gasteiger partial charge on any atom is 0.308 e. The number of carbonyl (C=O) groups is 1. The molecule has 2 rings (SSSR count). The van der Waals surface area contributed by atoms with E-state index in [0.29, 0.717) is 11.6 Å². The molecule has 1 aromatic rings. The Bertz CT molecular complexity index is 481. The Labute approximate surface area is 133 Å². The van der Waals surface area contributed by atoms with E-state index in [1.165, 1.54) is 0 Å². The molecule has 0 heterocycles. The molecule has 1 aromatic carbocycles. The second kappa shape index (κ2) is 7.32. The first kappa shape index (κ1) is 15.6. The lowest BCUT2D eigenvalue weighted by Crippen LogP contribution is -2.32. The fourth-order valence-corrected chi connectivity index (χ4v) is 3.16. The Hall–Kier alpha value is -0.740. The summed E-state index contributed by atoms with van der Waals surface area (Å²) in [6.07, 6.45) is 3.85. The number of nitrogens with one attached hydrogen (secondary N) is 1. The van der Waals surface area contributed by atoms with E-state index in [1.54, 1.807) is 0 Å². The van der Waals surface area contributed by atoms with Crippen LogP contribution in [0.25, 0.3) is 0 Å². The van der Waals surface area contributed by atoms with Crippen molar-refractivity contribution in [2.45, 2.75) is 38.6 Å². The van der Waals surface area contributed by atoms with E-state index in [2.05, 4.69) is 21.2 Å². The third-order valence-corrected chi connectivity index (χ3v) is 4.51. The molecule has 2 unspecified atom stereocenters. The van der Waals surface area contributed by atoms with Crippen molar-refractivity contribution in [3.8, 4) is 0 Å². The highest BCUT2D eigenvalue weighted by atomic mass is 79.9. The monoisotopic (exact) mass is 359 g/mol. The van der Waals surface area contributed by atoms with Crippen LogP contribution in [0.4, 0.5) is 5.69 Å². The van der Waals surface area contributed by atoms with Crippen LogP contribution in [0.2, 0.25) is 5.02 Å². The van der Waals surface area contributed by atoms with E-state index < -0.39 is 0 Å². The van der Waals surface area contributed by atoms with Gasteiger partial charge in [0.1, 0.15) is 0 Å². The second-order valence-corrected chi connectivity index (χ2v) is 6.37. The van der Waals surface area contributed by atoms with Crippen LogP contribution < -0.4 is 5.32 Å². The van der Waals surface area contributed by atoms with Crippen molar-refractivity contribution in [3.05, 3.63) is 27.7 Å². The van der Waals surface area contributed by atoms with Gasteiger partial charge in [0.05, 0.1) is 18.2 Å². The number of ether oxygens (including phenoxy) is 1. The predicted octanol–water partition coefficient (Wildman–Crippen LogP) is 4.64. The number of hydrogen-bond donors (Lipinski definition) is 1. The zero-order chi connectivity index (χ0) is 14.5. The molecule has 20 heavy (non-hydrogen) atoms. The highest BCUT2D eigenvalue weighted by Crippen LogP contribution is 2.31. The summed E-state index contributed by atoms with van der Waals surface area (Å²) < 4.78 is 6.11. The van der Waals surface area contributed by atoms with Gasteiger partial charge in [-0.05, 0) is 60.3 Å². The van der Waals surface area contributed by atoms with E-state index in [9.17, 15) is 4.79 Å². The Morgan fingerprint density at radius 3 is 3.05 bits per heavy atom. The van der Waals surface area contributed by atoms with Gasteiger partial charge in [-0.2, -0.15) is 0 Å². The summed E-state index contributed by atoms with van der Waals surface area (Å²) in [5.74, 6) is -0.0525. The summed E-state index contributed by atoms with van der Waals surface area (Å²) in [4.78, 5) is 11.8. The molecule has 0 spiro atoms. The molecule has 0 radical (unpaired) electrons. The van der Waals surface area contributed by atoms with E-state index in [0.717, 1.165) is 35.8 Å². The fourth-order valence-electron chi connectivity index (χ4n) is 2.62. The Morgan fingerprint density at radius 2 is 2.30 bits per heavy atom. The maximum absolute atomic E-state index is 11.8. The number of carbonyl (C=O) groups excluding carboxylic acids is 1. The van der Waals surface area contributed by atoms with Gasteiger partial charge in [0.25, 0.3) is 0 Å². The van der Waals surface area contributed by atoms with Gasteiger partial charge in [-0.25, -0.2) is 0 Å². The highest BCUT2D eigenvalue weighted by molar-refractivity contribution is 9.10. The maximum atomic E-state index is 11.8. The van der Waals surface area contributed by atoms with E-state index in [1.807, 2.05) is 25.1 Å². The van der Waals surface area contributed by atoms with Gasteiger partial charge in [-0.15, -0.1) is 0 Å². The summed E-state index contributed by atoms with van der Waals surface area (Å²) >= 11 is 9.53. The van der Waals surface area contributed by atoms with Crippen LogP contribution in [0.1, 0.15) is 32.6 Å². The number of halogens is 2. The molecular formula is C15H19BrClNO2. The Morgan fingerprint density at radius 1 is 1.50 bits per heavy atom. The summed E-state index contributed by atoms with van der Waals surface area (Å²) in [6, 6.07) is 5.96. The molecule has 1 saturated carbocycles. The third kappa shape index (κ3) is 4.13. The minimum Gasteiger partial charge on any atom is -0.466 e. The molecule has 0 amide bonds. The van der Waals surface area contributed by atoms with Crippen molar-refractivity contribution in [2.24, 2.45) is 5.92 Å². The standard InChI is InChI=1S/C15H19BrClNO2/c1-2-20-15(19)10-4-3-5-12(8-10)18-14-9-11(17)6-7-13(14)16/h6-7,9-10,12,18H,2-5,8H2,1H3. The molecule has 1 aliphatic carbocycles. The minimum absolute atomic E-state index is 0.0131. The van der Waals surface area contributed by atoms with E-state index in [4.69, 9.17) is 16.3 Å². The van der Waals surface area contributed by atoms with Gasteiger partial charge in [0.2, 0.25) is 0 Å². The zero-order valence-corrected chi connectivity index (χ0v) is 13.8. The van der Waals surface area contributed by atoms with Crippen molar-refractivity contribution in [1.29, 1.82) is 0 Å². The average Bonchev–Trinajstić information content (AvgIpc) is 2.43. The smallest absolute Gasteiger partial charge is 0.308 e. The average molecular weight is 361 g/mol. The number of benzene rings is 1. The second-order valence-electron chi connectivity index (χ2n) is 5.08. The highest BCUT2D eigenvalue weighted by Gasteiger charge is 2.28. The van der Waals surface area contributed by atoms with Gasteiger partial charge >= 0.3 is 5.97 Å². The lowest BCUT2D eigenvalue weighted by atomic mass is 9.85. The number of rotatable bonds is 4. The van der Waals surface area contributed by atoms with Crippen molar-refractivity contribution in [3.63, 3.8) is 0 Å². The van der Waals surface area contributed by atoms with Crippen LogP contribution >= 0.6 is 27.5 Å². The van der Waals surface area contributed by atoms with Crippen LogP contribution in [0.5, 0.6) is 0 Å². The van der Waals surface area contributed by atoms with Gasteiger partial charge in [0, 0.05) is 15.5 Å². The zero-order valence-electron chi connectivity index (χ0n) is 11.5. The summed E-state index contributed by atoms with van der Waals surface area (Å²) in [5.41, 5.74) is 0.979. The largest absolute Gasteiger partial charge is 0.466 e. The molecule has 0 aromatic heterocycles. The molecule has 2 atom stereocenters. The molecule has 5 heteroatoms. The molecule has 0 bridgehead atoms. The van der Waals surface area contributed by atoms with E-state index >= 15 is 0 Å². The first-order chi connectivity index (χ1) is 9.60. The first-order valence-corrected chi connectivity index (χ1v) is 8.15. The van der Waals surface area contributed by atoms with Crippen molar-refractivity contribution < 1.29 is 9.53 Å². The quantitative estimate of drug-likeness (QED) is 0.795. The van der Waals surface area contributed by atoms with Crippen LogP contribution in [0.3, 0.4) is 0 Å². The van der Waals surface area contributed by atoms with Crippen LogP contribution in [-0.4, -0.2) is 18.6 Å². The Balaban J connectivity index is 1.99. The molecule has 1 aliphatic rings. The molecule has 1 N–H and O–H groups in total. The van der Waals surface area contributed by atoms with Crippen molar-refractivity contribution in [1.82, 2.24) is 0 Å². The topological polar surface area (TPSA) is 38.3 Å². The van der Waals surface area contributed by atoms with Gasteiger partial charge < -0.3 is 10.1 Å². The normalized spacial score (nSPS) is 22.4. The van der Waals surface area contributed by atoms with Gasteiger partial charge in [-0.1, -0.05) is 18.0 Å². The molecule has 3 nitrogen and oxygen atoms in total. The van der Waals surface area contributed by atoms with Crippen LogP contribution in [0.15, 0.2) is 22.7 Å². The molecule has 0 saturated heterocycles. The summed E-state index contributed by atoms with van der Waals surface area (Å²) in [7, 11) is 0. The number of anilines is 1. The van der Waals surface area contributed by atoms with Crippen LogP contribution in [0, 0.1) is 5.92 Å². The number of hydrogen-bond acceptors (Lipinski definition) is 3. The fraction of sp³-hybridized carbons (Fsp3) is 0.533. The summed E-state index contributed by atoms with van der Waals surface area (Å²) in [6.45, 7) is 2.30.